The van der Waals surface area contributed by atoms with E-state index in [1.807, 2.05) is 0 Å². The number of rotatable bonds is 6. The lowest BCUT2D eigenvalue weighted by molar-refractivity contribution is 0.121. The Labute approximate surface area is 97.0 Å². The molecule has 1 unspecified atom stereocenters. The molecule has 0 saturated heterocycles. The fourth-order valence-electron chi connectivity index (χ4n) is 0.930. The minimum atomic E-state index is 0.333. The van der Waals surface area contributed by atoms with Gasteiger partial charge in [-0.1, -0.05) is 41.1 Å². The van der Waals surface area contributed by atoms with Crippen LogP contribution in [0.4, 0.5) is 0 Å². The summed E-state index contributed by atoms with van der Waals surface area (Å²) >= 11 is 5.17. The Hall–Kier alpha value is -0.0000000000000000833. The maximum atomic E-state index is 5.39. The largest absolute Gasteiger partial charge is 0.374 e. The third kappa shape index (κ3) is 3.63. The van der Waals surface area contributed by atoms with E-state index < -0.39 is 0 Å². The summed E-state index contributed by atoms with van der Waals surface area (Å²) in [5.41, 5.74) is 0. The van der Waals surface area contributed by atoms with Crippen molar-refractivity contribution in [3.63, 3.8) is 0 Å². The van der Waals surface area contributed by atoms with Gasteiger partial charge in [-0.15, -0.1) is 10.2 Å². The van der Waals surface area contributed by atoms with Crippen LogP contribution in [-0.2, 0) is 11.3 Å². The van der Waals surface area contributed by atoms with Crippen LogP contribution in [0, 0.1) is 0 Å². The summed E-state index contributed by atoms with van der Waals surface area (Å²) < 4.78 is 5.39. The first-order valence-electron chi connectivity index (χ1n) is 4.82. The van der Waals surface area contributed by atoms with E-state index in [1.165, 1.54) is 0 Å². The van der Waals surface area contributed by atoms with Crippen LogP contribution in [0.2, 0.25) is 0 Å². The molecule has 0 aromatic carbocycles. The fourth-order valence-corrected chi connectivity index (χ4v) is 2.14. The minimum absolute atomic E-state index is 0.333. The summed E-state index contributed by atoms with van der Waals surface area (Å²) in [6.07, 6.45) is 2.08. The highest BCUT2D eigenvalue weighted by molar-refractivity contribution is 9.09. The van der Waals surface area contributed by atoms with E-state index in [4.69, 9.17) is 4.74 Å². The van der Waals surface area contributed by atoms with Crippen molar-refractivity contribution in [3.05, 3.63) is 10.0 Å². The van der Waals surface area contributed by atoms with Gasteiger partial charge in [-0.3, -0.25) is 0 Å². The molecule has 14 heavy (non-hydrogen) atoms. The molecule has 5 heteroatoms. The SMILES string of the molecule is CCCOCc1nnc(C(Br)CC)s1. The second-order valence-electron chi connectivity index (χ2n) is 2.96. The van der Waals surface area contributed by atoms with Gasteiger partial charge in [-0.25, -0.2) is 0 Å². The van der Waals surface area contributed by atoms with Crippen LogP contribution in [0.25, 0.3) is 0 Å². The van der Waals surface area contributed by atoms with Gasteiger partial charge >= 0.3 is 0 Å². The number of hydrogen-bond acceptors (Lipinski definition) is 4. The molecular weight excluding hydrogens is 264 g/mol. The predicted octanol–water partition coefficient (Wildman–Crippen LogP) is 3.31. The molecule has 80 valence electrons. The zero-order valence-electron chi connectivity index (χ0n) is 8.49. The molecule has 0 bridgehead atoms. The number of halogens is 1. The van der Waals surface area contributed by atoms with E-state index in [-0.39, 0.29) is 0 Å². The number of aromatic nitrogens is 2. The van der Waals surface area contributed by atoms with E-state index in [2.05, 4.69) is 40.0 Å². The molecule has 1 aromatic rings. The third-order valence-corrected chi connectivity index (χ3v) is 4.08. The number of hydrogen-bond donors (Lipinski definition) is 0. The Morgan fingerprint density at radius 3 is 2.86 bits per heavy atom. The molecule has 0 saturated carbocycles. The fraction of sp³-hybridized carbons (Fsp3) is 0.778. The van der Waals surface area contributed by atoms with Gasteiger partial charge in [0, 0.05) is 6.61 Å². The lowest BCUT2D eigenvalue weighted by atomic mass is 10.4. The van der Waals surface area contributed by atoms with Gasteiger partial charge in [0.15, 0.2) is 0 Å². The molecule has 3 nitrogen and oxygen atoms in total. The molecule has 1 rings (SSSR count). The van der Waals surface area contributed by atoms with E-state index >= 15 is 0 Å². The summed E-state index contributed by atoms with van der Waals surface area (Å²) in [5, 5.41) is 10.2. The Balaban J connectivity index is 2.42. The van der Waals surface area contributed by atoms with Crippen molar-refractivity contribution < 1.29 is 4.74 Å². The van der Waals surface area contributed by atoms with Crippen molar-refractivity contribution in [2.45, 2.75) is 38.1 Å². The van der Waals surface area contributed by atoms with Crippen molar-refractivity contribution in [3.8, 4) is 0 Å². The third-order valence-electron chi connectivity index (χ3n) is 1.68. The van der Waals surface area contributed by atoms with Crippen LogP contribution < -0.4 is 0 Å². The molecular formula is C9H15BrN2OS. The average molecular weight is 279 g/mol. The zero-order valence-corrected chi connectivity index (χ0v) is 10.9. The van der Waals surface area contributed by atoms with Gasteiger partial charge < -0.3 is 4.74 Å². The normalized spacial score (nSPS) is 13.1. The Kier molecular flexibility index (Phi) is 5.59. The molecule has 0 amide bonds. The van der Waals surface area contributed by atoms with Gasteiger partial charge in [0.25, 0.3) is 0 Å². The van der Waals surface area contributed by atoms with Crippen LogP contribution >= 0.6 is 27.3 Å². The Morgan fingerprint density at radius 1 is 1.43 bits per heavy atom. The summed E-state index contributed by atoms with van der Waals surface area (Å²) in [7, 11) is 0. The maximum absolute atomic E-state index is 5.39. The monoisotopic (exact) mass is 278 g/mol. The van der Waals surface area contributed by atoms with Crippen molar-refractivity contribution in [1.29, 1.82) is 0 Å². The van der Waals surface area contributed by atoms with Gasteiger partial charge in [0.05, 0.1) is 4.83 Å². The first kappa shape index (κ1) is 12.1. The number of nitrogens with zero attached hydrogens (tertiary/aromatic N) is 2. The molecule has 1 aromatic heterocycles. The van der Waals surface area contributed by atoms with Crippen LogP contribution in [0.3, 0.4) is 0 Å². The summed E-state index contributed by atoms with van der Waals surface area (Å²) in [4.78, 5) is 0.333. The smallest absolute Gasteiger partial charge is 0.143 e. The standard InChI is InChI=1S/C9H15BrN2OS/c1-3-5-13-6-8-11-12-9(14-8)7(10)4-2/h7H,3-6H2,1-2H3. The van der Waals surface area contributed by atoms with Gasteiger partial charge in [-0.05, 0) is 12.8 Å². The van der Waals surface area contributed by atoms with Gasteiger partial charge in [-0.2, -0.15) is 0 Å². The quantitative estimate of drug-likeness (QED) is 0.592. The zero-order chi connectivity index (χ0) is 10.4. The van der Waals surface area contributed by atoms with Crippen molar-refractivity contribution >= 4 is 27.3 Å². The summed E-state index contributed by atoms with van der Waals surface area (Å²) in [6, 6.07) is 0. The highest BCUT2D eigenvalue weighted by Gasteiger charge is 2.11. The lowest BCUT2D eigenvalue weighted by Crippen LogP contribution is -1.92. The highest BCUT2D eigenvalue weighted by atomic mass is 79.9. The van der Waals surface area contributed by atoms with Crippen LogP contribution in [-0.4, -0.2) is 16.8 Å². The first-order valence-corrected chi connectivity index (χ1v) is 6.55. The topological polar surface area (TPSA) is 35.0 Å². The van der Waals surface area contributed by atoms with Crippen molar-refractivity contribution in [2.24, 2.45) is 0 Å². The highest BCUT2D eigenvalue weighted by Crippen LogP contribution is 2.28. The second-order valence-corrected chi connectivity index (χ2v) is 5.16. The average Bonchev–Trinajstić information content (AvgIpc) is 2.66. The molecule has 0 N–H and O–H groups in total. The Morgan fingerprint density at radius 2 is 2.21 bits per heavy atom. The molecule has 0 aliphatic heterocycles. The van der Waals surface area contributed by atoms with Crippen LogP contribution in [0.1, 0.15) is 41.5 Å². The van der Waals surface area contributed by atoms with Crippen molar-refractivity contribution in [2.75, 3.05) is 6.61 Å². The number of alkyl halides is 1. The first-order chi connectivity index (χ1) is 6.77. The molecule has 0 radical (unpaired) electrons. The maximum Gasteiger partial charge on any atom is 0.143 e. The summed E-state index contributed by atoms with van der Waals surface area (Å²) in [5.74, 6) is 0. The van der Waals surface area contributed by atoms with Gasteiger partial charge in [0.2, 0.25) is 0 Å². The molecule has 0 aliphatic rings. The van der Waals surface area contributed by atoms with E-state index in [0.717, 1.165) is 29.5 Å². The summed E-state index contributed by atoms with van der Waals surface area (Å²) in [6.45, 7) is 5.60. The lowest BCUT2D eigenvalue weighted by Gasteiger charge is -1.98. The van der Waals surface area contributed by atoms with Crippen molar-refractivity contribution in [1.82, 2.24) is 10.2 Å². The molecule has 1 atom stereocenters. The van der Waals surface area contributed by atoms with E-state index in [0.29, 0.717) is 11.4 Å². The van der Waals surface area contributed by atoms with Crippen LogP contribution in [0.15, 0.2) is 0 Å². The minimum Gasteiger partial charge on any atom is -0.374 e. The number of ether oxygens (including phenoxy) is 1. The molecule has 0 fully saturated rings. The van der Waals surface area contributed by atoms with Crippen LogP contribution in [0.5, 0.6) is 0 Å². The van der Waals surface area contributed by atoms with E-state index in [9.17, 15) is 0 Å². The molecule has 0 aliphatic carbocycles. The molecule has 1 heterocycles. The Bertz CT molecular complexity index is 267. The predicted molar refractivity (Wildman–Crippen MR) is 61.8 cm³/mol. The molecule has 0 spiro atoms. The van der Waals surface area contributed by atoms with Gasteiger partial charge in [0.1, 0.15) is 16.6 Å². The second kappa shape index (κ2) is 6.48. The van der Waals surface area contributed by atoms with E-state index in [1.54, 1.807) is 11.3 Å².